The summed E-state index contributed by atoms with van der Waals surface area (Å²) in [5, 5.41) is 7.14. The van der Waals surface area contributed by atoms with Crippen LogP contribution in [0.1, 0.15) is 38.5 Å². The second-order valence-corrected chi connectivity index (χ2v) is 7.08. The van der Waals surface area contributed by atoms with Crippen molar-refractivity contribution in [3.05, 3.63) is 22.4 Å². The van der Waals surface area contributed by atoms with Crippen molar-refractivity contribution in [3.63, 3.8) is 0 Å². The van der Waals surface area contributed by atoms with Gasteiger partial charge < -0.3 is 20.1 Å². The van der Waals surface area contributed by atoms with Gasteiger partial charge in [-0.1, -0.05) is 6.07 Å². The lowest BCUT2D eigenvalue weighted by molar-refractivity contribution is -0.148. The van der Waals surface area contributed by atoms with Crippen molar-refractivity contribution in [1.29, 1.82) is 0 Å². The third-order valence-electron chi connectivity index (χ3n) is 2.63. The monoisotopic (exact) mass is 356 g/mol. The molecule has 2 amide bonds. The molecule has 24 heavy (non-hydrogen) atoms. The number of hydrogen-bond donors (Lipinski definition) is 2. The smallest absolute Gasteiger partial charge is 0.407 e. The summed E-state index contributed by atoms with van der Waals surface area (Å²) in [5.74, 6) is -0.823. The number of nitrogens with one attached hydrogen (secondary N) is 2. The molecule has 0 radical (unpaired) electrons. The largest absolute Gasteiger partial charge is 0.456 e. The lowest BCUT2D eigenvalue weighted by Gasteiger charge is -2.19. The predicted molar refractivity (Wildman–Crippen MR) is 90.6 cm³/mol. The van der Waals surface area contributed by atoms with Crippen LogP contribution in [0.2, 0.25) is 0 Å². The van der Waals surface area contributed by atoms with Gasteiger partial charge in [0, 0.05) is 17.8 Å². The summed E-state index contributed by atoms with van der Waals surface area (Å²) in [5.41, 5.74) is -0.556. The van der Waals surface area contributed by atoms with Crippen LogP contribution in [-0.2, 0) is 25.6 Å². The van der Waals surface area contributed by atoms with Crippen LogP contribution in [0.5, 0.6) is 0 Å². The lowest BCUT2D eigenvalue weighted by Crippen LogP contribution is -2.33. The topological polar surface area (TPSA) is 93.7 Å². The van der Waals surface area contributed by atoms with Gasteiger partial charge in [-0.25, -0.2) is 4.79 Å². The summed E-state index contributed by atoms with van der Waals surface area (Å²) >= 11 is 1.54. The Morgan fingerprint density at radius 2 is 1.96 bits per heavy atom. The van der Waals surface area contributed by atoms with Crippen LogP contribution in [0, 0.1) is 0 Å². The van der Waals surface area contributed by atoms with Gasteiger partial charge in [0.15, 0.2) is 6.61 Å². The third-order valence-corrected chi connectivity index (χ3v) is 3.51. The fourth-order valence-corrected chi connectivity index (χ4v) is 2.25. The van der Waals surface area contributed by atoms with E-state index in [-0.39, 0.29) is 18.9 Å². The molecule has 134 valence electrons. The fraction of sp³-hybridized carbons (Fsp3) is 0.562. The van der Waals surface area contributed by atoms with E-state index in [1.807, 2.05) is 17.5 Å². The zero-order valence-electron chi connectivity index (χ0n) is 14.2. The second-order valence-electron chi connectivity index (χ2n) is 6.05. The number of carbonyl (C=O) groups excluding carboxylic acids is 3. The van der Waals surface area contributed by atoms with Crippen molar-refractivity contribution in [1.82, 2.24) is 10.6 Å². The summed E-state index contributed by atoms with van der Waals surface area (Å²) in [6, 6.07) is 3.81. The molecule has 1 aromatic rings. The van der Waals surface area contributed by atoms with Crippen LogP contribution < -0.4 is 10.6 Å². The molecule has 0 fully saturated rings. The number of amides is 2. The normalized spacial score (nSPS) is 10.8. The van der Waals surface area contributed by atoms with E-state index < -0.39 is 17.7 Å². The summed E-state index contributed by atoms with van der Waals surface area (Å²) < 4.78 is 9.93. The number of ether oxygens (including phenoxy) is 2. The van der Waals surface area contributed by atoms with Crippen molar-refractivity contribution in [3.8, 4) is 0 Å². The molecule has 0 aromatic carbocycles. The molecule has 0 aliphatic carbocycles. The van der Waals surface area contributed by atoms with Crippen molar-refractivity contribution in [2.24, 2.45) is 0 Å². The minimum absolute atomic E-state index is 0.119. The van der Waals surface area contributed by atoms with Crippen LogP contribution in [-0.4, -0.2) is 36.7 Å². The molecule has 7 nitrogen and oxygen atoms in total. The maximum absolute atomic E-state index is 11.5. The SMILES string of the molecule is CC(C)(C)OC(=O)NCCCC(=O)OCC(=O)NCc1cccs1. The third kappa shape index (κ3) is 9.83. The molecule has 0 saturated heterocycles. The number of carbonyl (C=O) groups is 3. The molecule has 0 atom stereocenters. The van der Waals surface area contributed by atoms with Crippen LogP contribution in [0.25, 0.3) is 0 Å². The van der Waals surface area contributed by atoms with E-state index in [1.54, 1.807) is 32.1 Å². The van der Waals surface area contributed by atoms with E-state index in [0.29, 0.717) is 19.5 Å². The van der Waals surface area contributed by atoms with E-state index in [0.717, 1.165) is 4.88 Å². The van der Waals surface area contributed by atoms with Crippen LogP contribution >= 0.6 is 11.3 Å². The molecule has 0 saturated carbocycles. The molecular weight excluding hydrogens is 332 g/mol. The first-order valence-electron chi connectivity index (χ1n) is 7.68. The highest BCUT2D eigenvalue weighted by Gasteiger charge is 2.15. The maximum atomic E-state index is 11.5. The Bertz CT molecular complexity index is 537. The molecular formula is C16H24N2O5S. The Balaban J connectivity index is 2.05. The number of thiophene rings is 1. The Hall–Kier alpha value is -2.09. The van der Waals surface area contributed by atoms with Crippen LogP contribution in [0.15, 0.2) is 17.5 Å². The molecule has 8 heteroatoms. The van der Waals surface area contributed by atoms with E-state index in [2.05, 4.69) is 10.6 Å². The van der Waals surface area contributed by atoms with Crippen molar-refractivity contribution in [2.45, 2.75) is 45.8 Å². The fourth-order valence-electron chi connectivity index (χ4n) is 1.61. The highest BCUT2D eigenvalue weighted by Crippen LogP contribution is 2.07. The standard InChI is InChI=1S/C16H24N2O5S/c1-16(2,3)23-15(21)17-8-4-7-14(20)22-11-13(19)18-10-12-6-5-9-24-12/h5-6,9H,4,7-8,10-11H2,1-3H3,(H,17,21)(H,18,19). The first kappa shape index (κ1) is 20.0. The first-order chi connectivity index (χ1) is 11.3. The van der Waals surface area contributed by atoms with E-state index in [4.69, 9.17) is 9.47 Å². The Labute approximate surface area is 145 Å². The van der Waals surface area contributed by atoms with Crippen molar-refractivity contribution < 1.29 is 23.9 Å². The van der Waals surface area contributed by atoms with Gasteiger partial charge in [0.05, 0.1) is 6.54 Å². The Kier molecular flexibility index (Phi) is 8.25. The second kappa shape index (κ2) is 9.92. The first-order valence-corrected chi connectivity index (χ1v) is 8.56. The van der Waals surface area contributed by atoms with Gasteiger partial charge in [-0.15, -0.1) is 11.3 Å². The minimum atomic E-state index is -0.556. The van der Waals surface area contributed by atoms with Gasteiger partial charge in [0.2, 0.25) is 0 Å². The molecule has 0 aliphatic heterocycles. The number of esters is 1. The van der Waals surface area contributed by atoms with Gasteiger partial charge in [0.25, 0.3) is 5.91 Å². The highest BCUT2D eigenvalue weighted by atomic mass is 32.1. The summed E-state index contributed by atoms with van der Waals surface area (Å²) in [6.07, 6.45) is 0.00641. The van der Waals surface area contributed by atoms with E-state index in [1.165, 1.54) is 0 Å². The van der Waals surface area contributed by atoms with Crippen LogP contribution in [0.3, 0.4) is 0 Å². The molecule has 0 aliphatic rings. The molecule has 0 spiro atoms. The number of hydrogen-bond acceptors (Lipinski definition) is 6. The Morgan fingerprint density at radius 1 is 1.21 bits per heavy atom. The summed E-state index contributed by atoms with van der Waals surface area (Å²) in [7, 11) is 0. The lowest BCUT2D eigenvalue weighted by atomic mass is 10.2. The highest BCUT2D eigenvalue weighted by molar-refractivity contribution is 7.09. The van der Waals surface area contributed by atoms with Gasteiger partial charge in [0.1, 0.15) is 5.60 Å². The van der Waals surface area contributed by atoms with Gasteiger partial charge in [-0.05, 0) is 38.6 Å². The van der Waals surface area contributed by atoms with Crippen LogP contribution in [0.4, 0.5) is 4.79 Å². The van der Waals surface area contributed by atoms with Gasteiger partial charge >= 0.3 is 12.1 Å². The summed E-state index contributed by atoms with van der Waals surface area (Å²) in [4.78, 5) is 35.5. The van der Waals surface area contributed by atoms with Gasteiger partial charge in [-0.3, -0.25) is 9.59 Å². The molecule has 1 heterocycles. The molecule has 2 N–H and O–H groups in total. The zero-order valence-corrected chi connectivity index (χ0v) is 15.0. The predicted octanol–water partition coefficient (Wildman–Crippen LogP) is 2.21. The average Bonchev–Trinajstić information content (AvgIpc) is 2.99. The van der Waals surface area contributed by atoms with Crippen molar-refractivity contribution in [2.75, 3.05) is 13.2 Å². The van der Waals surface area contributed by atoms with E-state index in [9.17, 15) is 14.4 Å². The molecule has 1 aromatic heterocycles. The van der Waals surface area contributed by atoms with Gasteiger partial charge in [-0.2, -0.15) is 0 Å². The number of alkyl carbamates (subject to hydrolysis) is 1. The number of rotatable bonds is 8. The van der Waals surface area contributed by atoms with E-state index >= 15 is 0 Å². The quantitative estimate of drug-likeness (QED) is 0.550. The maximum Gasteiger partial charge on any atom is 0.407 e. The molecule has 0 unspecified atom stereocenters. The average molecular weight is 356 g/mol. The van der Waals surface area contributed by atoms with Crippen molar-refractivity contribution >= 4 is 29.3 Å². The molecule has 1 rings (SSSR count). The zero-order chi connectivity index (χ0) is 18.0. The molecule has 0 bridgehead atoms. The minimum Gasteiger partial charge on any atom is -0.456 e. The Morgan fingerprint density at radius 3 is 2.58 bits per heavy atom. The summed E-state index contributed by atoms with van der Waals surface area (Å²) in [6.45, 7) is 5.74.